The van der Waals surface area contributed by atoms with Gasteiger partial charge in [-0.15, -0.1) is 0 Å². The third kappa shape index (κ3) is 3.11. The van der Waals surface area contributed by atoms with E-state index in [1.165, 1.54) is 6.42 Å². The normalized spacial score (nSPS) is 17.3. The van der Waals surface area contributed by atoms with E-state index < -0.39 is 0 Å². The minimum Gasteiger partial charge on any atom is -0.486 e. The van der Waals surface area contributed by atoms with Gasteiger partial charge in [-0.2, -0.15) is 0 Å². The van der Waals surface area contributed by atoms with E-state index >= 15 is 0 Å². The molecule has 2 rings (SSSR count). The lowest BCUT2D eigenvalue weighted by Gasteiger charge is -2.42. The molecule has 0 unspecified atom stereocenters. The molecule has 0 aliphatic heterocycles. The molecule has 0 amide bonds. The van der Waals surface area contributed by atoms with Gasteiger partial charge in [0.05, 0.1) is 5.02 Å². The highest BCUT2D eigenvalue weighted by molar-refractivity contribution is 6.42. The van der Waals surface area contributed by atoms with Crippen LogP contribution in [0.3, 0.4) is 0 Å². The van der Waals surface area contributed by atoms with Gasteiger partial charge in [0, 0.05) is 0 Å². The molecule has 4 heteroatoms. The van der Waals surface area contributed by atoms with Crippen molar-refractivity contribution in [3.8, 4) is 5.75 Å². The van der Waals surface area contributed by atoms with Gasteiger partial charge < -0.3 is 10.1 Å². The largest absolute Gasteiger partial charge is 0.486 e. The summed E-state index contributed by atoms with van der Waals surface area (Å²) in [7, 11) is 0. The van der Waals surface area contributed by atoms with Crippen LogP contribution in [0.15, 0.2) is 18.2 Å². The molecule has 0 aromatic heterocycles. The number of hydrogen-bond acceptors (Lipinski definition) is 2. The Morgan fingerprint density at radius 1 is 1.33 bits per heavy atom. The SMILES string of the molecule is CCNCCC1(Oc2cccc(Cl)c2Cl)CCC1. The van der Waals surface area contributed by atoms with Gasteiger partial charge in [-0.05, 0) is 50.9 Å². The Bertz CT molecular complexity index is 405. The van der Waals surface area contributed by atoms with Crippen molar-refractivity contribution in [1.29, 1.82) is 0 Å². The highest BCUT2D eigenvalue weighted by Gasteiger charge is 2.39. The van der Waals surface area contributed by atoms with Crippen LogP contribution >= 0.6 is 23.2 Å². The van der Waals surface area contributed by atoms with E-state index in [0.717, 1.165) is 32.4 Å². The first-order valence-corrected chi connectivity index (χ1v) is 7.26. The predicted octanol–water partition coefficient (Wildman–Crippen LogP) is 4.29. The lowest BCUT2D eigenvalue weighted by molar-refractivity contribution is -0.0140. The Kier molecular flexibility index (Phi) is 4.77. The molecule has 0 radical (unpaired) electrons. The maximum Gasteiger partial charge on any atom is 0.140 e. The summed E-state index contributed by atoms with van der Waals surface area (Å²) in [6.45, 7) is 4.09. The number of benzene rings is 1. The van der Waals surface area contributed by atoms with E-state index in [-0.39, 0.29) is 5.60 Å². The van der Waals surface area contributed by atoms with Crippen molar-refractivity contribution in [3.63, 3.8) is 0 Å². The van der Waals surface area contributed by atoms with Gasteiger partial charge in [0.15, 0.2) is 0 Å². The van der Waals surface area contributed by atoms with Crippen LogP contribution in [0.5, 0.6) is 5.75 Å². The minimum atomic E-state index is -0.0451. The molecule has 0 saturated heterocycles. The molecule has 1 aliphatic rings. The van der Waals surface area contributed by atoms with Crippen molar-refractivity contribution < 1.29 is 4.74 Å². The lowest BCUT2D eigenvalue weighted by atomic mass is 9.77. The summed E-state index contributed by atoms with van der Waals surface area (Å²) >= 11 is 12.2. The van der Waals surface area contributed by atoms with Crippen LogP contribution in [0.2, 0.25) is 10.0 Å². The van der Waals surface area contributed by atoms with Gasteiger partial charge in [-0.1, -0.05) is 36.2 Å². The molecule has 0 heterocycles. The number of ether oxygens (including phenoxy) is 1. The van der Waals surface area contributed by atoms with Crippen LogP contribution in [0.4, 0.5) is 0 Å². The summed E-state index contributed by atoms with van der Waals surface area (Å²) in [4.78, 5) is 0. The van der Waals surface area contributed by atoms with Crippen LogP contribution in [0, 0.1) is 0 Å². The topological polar surface area (TPSA) is 21.3 Å². The first-order chi connectivity index (χ1) is 8.67. The molecule has 1 fully saturated rings. The van der Waals surface area contributed by atoms with E-state index in [0.29, 0.717) is 15.8 Å². The Hall–Kier alpha value is -0.440. The van der Waals surface area contributed by atoms with Crippen LogP contribution in [-0.2, 0) is 0 Å². The molecule has 1 aromatic rings. The van der Waals surface area contributed by atoms with Crippen molar-refractivity contribution >= 4 is 23.2 Å². The van der Waals surface area contributed by atoms with Gasteiger partial charge in [-0.25, -0.2) is 0 Å². The molecular formula is C14H19Cl2NO. The number of hydrogen-bond donors (Lipinski definition) is 1. The Morgan fingerprint density at radius 2 is 2.11 bits per heavy atom. The highest BCUT2D eigenvalue weighted by Crippen LogP contribution is 2.42. The quantitative estimate of drug-likeness (QED) is 0.788. The summed E-state index contributed by atoms with van der Waals surface area (Å²) in [5.74, 6) is 0.709. The summed E-state index contributed by atoms with van der Waals surface area (Å²) in [5, 5.41) is 4.42. The predicted molar refractivity (Wildman–Crippen MR) is 76.8 cm³/mol. The summed E-state index contributed by atoms with van der Waals surface area (Å²) in [6.07, 6.45) is 4.44. The van der Waals surface area contributed by atoms with Crippen LogP contribution in [-0.4, -0.2) is 18.7 Å². The zero-order valence-electron chi connectivity index (χ0n) is 10.6. The molecule has 18 heavy (non-hydrogen) atoms. The zero-order valence-corrected chi connectivity index (χ0v) is 12.2. The molecule has 2 nitrogen and oxygen atoms in total. The highest BCUT2D eigenvalue weighted by atomic mass is 35.5. The van der Waals surface area contributed by atoms with Crippen LogP contribution < -0.4 is 10.1 Å². The molecule has 0 bridgehead atoms. The maximum atomic E-state index is 6.17. The third-order valence-electron chi connectivity index (χ3n) is 3.51. The molecular weight excluding hydrogens is 269 g/mol. The second-order valence-electron chi connectivity index (χ2n) is 4.79. The third-order valence-corrected chi connectivity index (χ3v) is 4.32. The zero-order chi connectivity index (χ0) is 13.0. The van der Waals surface area contributed by atoms with Gasteiger partial charge >= 0.3 is 0 Å². The minimum absolute atomic E-state index is 0.0451. The van der Waals surface area contributed by atoms with E-state index in [4.69, 9.17) is 27.9 Å². The van der Waals surface area contributed by atoms with Crippen molar-refractivity contribution in [3.05, 3.63) is 28.2 Å². The average molecular weight is 288 g/mol. The molecule has 0 atom stereocenters. The molecule has 0 spiro atoms. The van der Waals surface area contributed by atoms with Gasteiger partial charge in [0.1, 0.15) is 16.4 Å². The molecule has 1 aromatic carbocycles. The van der Waals surface area contributed by atoms with Gasteiger partial charge in [-0.3, -0.25) is 0 Å². The monoisotopic (exact) mass is 287 g/mol. The second kappa shape index (κ2) is 6.14. The van der Waals surface area contributed by atoms with Crippen molar-refractivity contribution in [2.45, 2.75) is 38.2 Å². The fourth-order valence-electron chi connectivity index (χ4n) is 2.26. The van der Waals surface area contributed by atoms with E-state index in [1.54, 1.807) is 6.07 Å². The molecule has 1 N–H and O–H groups in total. The van der Waals surface area contributed by atoms with Gasteiger partial charge in [0.2, 0.25) is 0 Å². The molecule has 1 aliphatic carbocycles. The van der Waals surface area contributed by atoms with Gasteiger partial charge in [0.25, 0.3) is 0 Å². The van der Waals surface area contributed by atoms with Crippen molar-refractivity contribution in [2.24, 2.45) is 0 Å². The van der Waals surface area contributed by atoms with Crippen molar-refractivity contribution in [1.82, 2.24) is 5.32 Å². The average Bonchev–Trinajstić information content (AvgIpc) is 2.31. The van der Waals surface area contributed by atoms with Crippen molar-refractivity contribution in [2.75, 3.05) is 13.1 Å². The maximum absolute atomic E-state index is 6.17. The summed E-state index contributed by atoms with van der Waals surface area (Å²) < 4.78 is 6.14. The number of nitrogens with one attached hydrogen (secondary N) is 1. The fraction of sp³-hybridized carbons (Fsp3) is 0.571. The Morgan fingerprint density at radius 3 is 2.72 bits per heavy atom. The summed E-state index contributed by atoms with van der Waals surface area (Å²) in [6, 6.07) is 5.55. The number of halogens is 2. The molecule has 100 valence electrons. The second-order valence-corrected chi connectivity index (χ2v) is 5.58. The van der Waals surface area contributed by atoms with Crippen LogP contribution in [0.1, 0.15) is 32.6 Å². The van der Waals surface area contributed by atoms with E-state index in [2.05, 4.69) is 12.2 Å². The molecule has 1 saturated carbocycles. The van der Waals surface area contributed by atoms with E-state index in [9.17, 15) is 0 Å². The Labute approximate surface area is 119 Å². The fourth-order valence-corrected chi connectivity index (χ4v) is 2.59. The first kappa shape index (κ1) is 14.0. The standard InChI is InChI=1S/C14H19Cl2NO/c1-2-17-10-9-14(7-4-8-14)18-12-6-3-5-11(15)13(12)16/h3,5-6,17H,2,4,7-10H2,1H3. The lowest BCUT2D eigenvalue weighted by Crippen LogP contribution is -2.45. The smallest absolute Gasteiger partial charge is 0.140 e. The van der Waals surface area contributed by atoms with Crippen LogP contribution in [0.25, 0.3) is 0 Å². The Balaban J connectivity index is 2.03. The van der Waals surface area contributed by atoms with E-state index in [1.807, 2.05) is 12.1 Å². The summed E-state index contributed by atoms with van der Waals surface area (Å²) in [5.41, 5.74) is -0.0451. The first-order valence-electron chi connectivity index (χ1n) is 6.51. The number of rotatable bonds is 6.